The van der Waals surface area contributed by atoms with Crippen molar-refractivity contribution in [3.8, 4) is 6.07 Å². The number of rotatable bonds is 3. The molecule has 8 heteroatoms. The highest BCUT2D eigenvalue weighted by atomic mass is 19.1. The predicted octanol–water partition coefficient (Wildman–Crippen LogP) is 1.65. The topological polar surface area (TPSA) is 68.5 Å². The number of halogens is 1. The van der Waals surface area contributed by atoms with Gasteiger partial charge in [-0.1, -0.05) is 0 Å². The van der Waals surface area contributed by atoms with E-state index < -0.39 is 0 Å². The van der Waals surface area contributed by atoms with Crippen LogP contribution in [0.25, 0.3) is 0 Å². The summed E-state index contributed by atoms with van der Waals surface area (Å²) in [7, 11) is 0. The van der Waals surface area contributed by atoms with Crippen molar-refractivity contribution in [2.24, 2.45) is 0 Å². The Balaban J connectivity index is 1.44. The average Bonchev–Trinajstić information content (AvgIpc) is 2.74. The first-order valence-corrected chi connectivity index (χ1v) is 9.10. The van der Waals surface area contributed by atoms with E-state index in [-0.39, 0.29) is 5.82 Å². The van der Waals surface area contributed by atoms with Crippen LogP contribution in [0.1, 0.15) is 5.56 Å². The average molecular weight is 368 g/mol. The first-order valence-electron chi connectivity index (χ1n) is 9.10. The van der Waals surface area contributed by atoms with Gasteiger partial charge in [-0.05, 0) is 24.3 Å². The molecule has 0 bridgehead atoms. The Morgan fingerprint density at radius 1 is 0.963 bits per heavy atom. The van der Waals surface area contributed by atoms with Crippen molar-refractivity contribution in [3.05, 3.63) is 41.8 Å². The van der Waals surface area contributed by atoms with Crippen molar-refractivity contribution in [2.75, 3.05) is 67.2 Å². The summed E-state index contributed by atoms with van der Waals surface area (Å²) in [5.41, 5.74) is 1.16. The number of nitrogens with zero attached hydrogens (tertiary/aromatic N) is 6. The van der Waals surface area contributed by atoms with Crippen molar-refractivity contribution in [1.29, 1.82) is 5.26 Å². The van der Waals surface area contributed by atoms with E-state index >= 15 is 0 Å². The molecule has 2 aliphatic rings. The maximum absolute atomic E-state index is 13.4. The summed E-state index contributed by atoms with van der Waals surface area (Å²) in [6.45, 7) is 6.06. The lowest BCUT2D eigenvalue weighted by molar-refractivity contribution is 0.122. The van der Waals surface area contributed by atoms with Gasteiger partial charge in [-0.25, -0.2) is 9.37 Å². The highest BCUT2D eigenvalue weighted by molar-refractivity contribution is 5.60. The van der Waals surface area contributed by atoms with Crippen LogP contribution in [0.2, 0.25) is 0 Å². The zero-order valence-electron chi connectivity index (χ0n) is 15.0. The normalized spacial score (nSPS) is 17.7. The van der Waals surface area contributed by atoms with Crippen LogP contribution in [-0.4, -0.2) is 62.5 Å². The number of hydrogen-bond acceptors (Lipinski definition) is 7. The number of aromatic nitrogens is 2. The van der Waals surface area contributed by atoms with E-state index in [1.165, 1.54) is 12.1 Å². The fraction of sp³-hybridized carbons (Fsp3) is 0.421. The monoisotopic (exact) mass is 368 g/mol. The Bertz CT molecular complexity index is 840. The second-order valence-electron chi connectivity index (χ2n) is 6.56. The molecule has 0 amide bonds. The largest absolute Gasteiger partial charge is 0.378 e. The van der Waals surface area contributed by atoms with Gasteiger partial charge in [0.1, 0.15) is 17.7 Å². The van der Waals surface area contributed by atoms with Gasteiger partial charge >= 0.3 is 0 Å². The summed E-state index contributed by atoms with van der Waals surface area (Å²) < 4.78 is 18.8. The van der Waals surface area contributed by atoms with Crippen LogP contribution in [0.5, 0.6) is 0 Å². The van der Waals surface area contributed by atoms with E-state index in [1.807, 2.05) is 6.07 Å². The molecule has 1 aromatic carbocycles. The maximum Gasteiger partial charge on any atom is 0.227 e. The number of ether oxygens (including phenoxy) is 1. The Morgan fingerprint density at radius 2 is 1.70 bits per heavy atom. The van der Waals surface area contributed by atoms with Crippen molar-refractivity contribution in [2.45, 2.75) is 0 Å². The fourth-order valence-corrected chi connectivity index (χ4v) is 3.48. The molecule has 0 N–H and O–H groups in total. The lowest BCUT2D eigenvalue weighted by atomic mass is 10.1. The van der Waals surface area contributed by atoms with Crippen LogP contribution < -0.4 is 14.7 Å². The first-order chi connectivity index (χ1) is 13.2. The van der Waals surface area contributed by atoms with Gasteiger partial charge < -0.3 is 19.4 Å². The fourth-order valence-electron chi connectivity index (χ4n) is 3.48. The van der Waals surface area contributed by atoms with Gasteiger partial charge in [-0.3, -0.25) is 0 Å². The van der Waals surface area contributed by atoms with E-state index in [2.05, 4.69) is 25.8 Å². The number of piperazine rings is 1. The van der Waals surface area contributed by atoms with Crippen LogP contribution in [0.15, 0.2) is 30.5 Å². The van der Waals surface area contributed by atoms with Crippen molar-refractivity contribution in [3.63, 3.8) is 0 Å². The molecule has 2 aromatic rings. The third-order valence-corrected chi connectivity index (χ3v) is 4.95. The molecule has 2 aliphatic heterocycles. The molecule has 7 nitrogen and oxygen atoms in total. The van der Waals surface area contributed by atoms with E-state index in [4.69, 9.17) is 9.72 Å². The molecular formula is C19H21FN6O. The molecule has 0 spiro atoms. The maximum atomic E-state index is 13.4. The molecular weight excluding hydrogens is 347 g/mol. The Hall–Kier alpha value is -2.92. The molecule has 1 aromatic heterocycles. The van der Waals surface area contributed by atoms with Crippen LogP contribution >= 0.6 is 0 Å². The summed E-state index contributed by atoms with van der Waals surface area (Å²) in [6.07, 6.45) is 1.80. The molecule has 4 rings (SSSR count). The second kappa shape index (κ2) is 7.76. The van der Waals surface area contributed by atoms with Gasteiger partial charge in [0.05, 0.1) is 24.5 Å². The van der Waals surface area contributed by atoms with E-state index in [0.29, 0.717) is 18.8 Å². The number of morpholine rings is 1. The molecule has 140 valence electrons. The van der Waals surface area contributed by atoms with Crippen LogP contribution in [0.3, 0.4) is 0 Å². The minimum atomic E-state index is -0.384. The molecule has 0 radical (unpaired) electrons. The molecule has 2 fully saturated rings. The second-order valence-corrected chi connectivity index (χ2v) is 6.56. The van der Waals surface area contributed by atoms with Crippen molar-refractivity contribution >= 4 is 17.5 Å². The smallest absolute Gasteiger partial charge is 0.227 e. The zero-order chi connectivity index (χ0) is 18.6. The SMILES string of the molecule is N#Cc1cc(F)ccc1N1CCN(c2ccnc(N3CCOCC3)n2)CC1. The van der Waals surface area contributed by atoms with Gasteiger partial charge in [-0.15, -0.1) is 0 Å². The number of anilines is 3. The summed E-state index contributed by atoms with van der Waals surface area (Å²) >= 11 is 0. The van der Waals surface area contributed by atoms with Crippen LogP contribution in [0, 0.1) is 17.1 Å². The molecule has 0 atom stereocenters. The predicted molar refractivity (Wildman–Crippen MR) is 101 cm³/mol. The lowest BCUT2D eigenvalue weighted by Gasteiger charge is -2.37. The zero-order valence-corrected chi connectivity index (χ0v) is 15.0. The van der Waals surface area contributed by atoms with Crippen LogP contribution in [0.4, 0.5) is 21.8 Å². The Morgan fingerprint density at radius 3 is 2.44 bits per heavy atom. The highest BCUT2D eigenvalue weighted by Crippen LogP contribution is 2.24. The molecule has 27 heavy (non-hydrogen) atoms. The molecule has 2 saturated heterocycles. The quantitative estimate of drug-likeness (QED) is 0.816. The molecule has 0 aliphatic carbocycles. The first kappa shape index (κ1) is 17.5. The summed E-state index contributed by atoms with van der Waals surface area (Å²) in [4.78, 5) is 15.6. The number of nitriles is 1. The van der Waals surface area contributed by atoms with Gasteiger partial charge in [0.15, 0.2) is 0 Å². The lowest BCUT2D eigenvalue weighted by Crippen LogP contribution is -2.47. The standard InChI is InChI=1S/C19H21FN6O/c20-16-1-2-17(15(13-16)14-21)24-5-7-25(8-6-24)18-3-4-22-19(23-18)26-9-11-27-12-10-26/h1-4,13H,5-12H2. The summed E-state index contributed by atoms with van der Waals surface area (Å²) in [5, 5.41) is 9.27. The highest BCUT2D eigenvalue weighted by Gasteiger charge is 2.22. The number of benzene rings is 1. The van der Waals surface area contributed by atoms with E-state index in [1.54, 1.807) is 12.3 Å². The minimum absolute atomic E-state index is 0.375. The summed E-state index contributed by atoms with van der Waals surface area (Å²) in [5.74, 6) is 1.26. The van der Waals surface area contributed by atoms with E-state index in [9.17, 15) is 9.65 Å². The van der Waals surface area contributed by atoms with Crippen LogP contribution in [-0.2, 0) is 4.74 Å². The Kier molecular flexibility index (Phi) is 5.03. The minimum Gasteiger partial charge on any atom is -0.378 e. The Labute approximate surface area is 157 Å². The molecule has 0 saturated carbocycles. The van der Waals surface area contributed by atoms with Crippen molar-refractivity contribution in [1.82, 2.24) is 9.97 Å². The van der Waals surface area contributed by atoms with Gasteiger partial charge in [0.2, 0.25) is 5.95 Å². The third-order valence-electron chi connectivity index (χ3n) is 4.95. The van der Waals surface area contributed by atoms with Gasteiger partial charge in [-0.2, -0.15) is 10.2 Å². The molecule has 0 unspecified atom stereocenters. The van der Waals surface area contributed by atoms with Crippen molar-refractivity contribution < 1.29 is 9.13 Å². The number of hydrogen-bond donors (Lipinski definition) is 0. The van der Waals surface area contributed by atoms with Gasteiger partial charge in [0, 0.05) is 45.5 Å². The van der Waals surface area contributed by atoms with Gasteiger partial charge in [0.25, 0.3) is 0 Å². The summed E-state index contributed by atoms with van der Waals surface area (Å²) in [6, 6.07) is 8.40. The van der Waals surface area contributed by atoms with E-state index in [0.717, 1.165) is 56.7 Å². The third kappa shape index (κ3) is 3.78. The molecule has 3 heterocycles.